The van der Waals surface area contributed by atoms with Crippen LogP contribution >= 0.6 is 0 Å². The zero-order valence-electron chi connectivity index (χ0n) is 10.2. The minimum absolute atomic E-state index is 0. The van der Waals surface area contributed by atoms with Crippen molar-refractivity contribution in [1.82, 2.24) is 19.9 Å². The molecular weight excluding hydrogens is 287 g/mol. The number of hydrogen-bond donors (Lipinski definition) is 1. The van der Waals surface area contributed by atoms with Crippen LogP contribution in [0.5, 0.6) is 0 Å². The third kappa shape index (κ3) is 5.72. The first-order chi connectivity index (χ1) is 8.36. The van der Waals surface area contributed by atoms with Crippen molar-refractivity contribution in [2.75, 3.05) is 6.54 Å². The number of carbonyl (C=O) groups is 1. The SMILES string of the molecule is O=C(NCCCn1ccnc1)c1ccncc1.[Cl-].[Cl-]. The van der Waals surface area contributed by atoms with Gasteiger partial charge in [0.05, 0.1) is 6.33 Å². The summed E-state index contributed by atoms with van der Waals surface area (Å²) in [5, 5.41) is 2.86. The van der Waals surface area contributed by atoms with Gasteiger partial charge in [0.1, 0.15) is 0 Å². The first-order valence-electron chi connectivity index (χ1n) is 5.50. The number of pyridine rings is 1. The van der Waals surface area contributed by atoms with E-state index in [1.54, 1.807) is 37.1 Å². The Labute approximate surface area is 124 Å². The van der Waals surface area contributed by atoms with Crippen LogP contribution in [0.4, 0.5) is 0 Å². The summed E-state index contributed by atoms with van der Waals surface area (Å²) in [6.07, 6.45) is 9.53. The second-order valence-corrected chi connectivity index (χ2v) is 3.65. The highest BCUT2D eigenvalue weighted by Crippen LogP contribution is 1.96. The summed E-state index contributed by atoms with van der Waals surface area (Å²) >= 11 is 0. The van der Waals surface area contributed by atoms with Crippen molar-refractivity contribution < 1.29 is 29.6 Å². The number of aryl methyl sites for hydroxylation is 1. The third-order valence-electron chi connectivity index (χ3n) is 2.38. The molecule has 0 fully saturated rings. The van der Waals surface area contributed by atoms with E-state index in [4.69, 9.17) is 0 Å². The van der Waals surface area contributed by atoms with E-state index in [0.29, 0.717) is 12.1 Å². The molecule has 0 atom stereocenters. The topological polar surface area (TPSA) is 59.8 Å². The van der Waals surface area contributed by atoms with Crippen molar-refractivity contribution in [3.05, 3.63) is 48.8 Å². The molecule has 0 saturated heterocycles. The Morgan fingerprint density at radius 3 is 2.53 bits per heavy atom. The second-order valence-electron chi connectivity index (χ2n) is 3.65. The highest BCUT2D eigenvalue weighted by Gasteiger charge is 2.02. The molecule has 2 aromatic heterocycles. The van der Waals surface area contributed by atoms with Gasteiger partial charge in [-0.05, 0) is 18.6 Å². The van der Waals surface area contributed by atoms with Gasteiger partial charge in [-0.2, -0.15) is 0 Å². The van der Waals surface area contributed by atoms with E-state index in [1.165, 1.54) is 0 Å². The predicted octanol–water partition coefficient (Wildman–Crippen LogP) is -4.89. The molecule has 7 heteroatoms. The molecule has 1 amide bonds. The first-order valence-corrected chi connectivity index (χ1v) is 5.50. The molecule has 19 heavy (non-hydrogen) atoms. The maximum absolute atomic E-state index is 11.6. The van der Waals surface area contributed by atoms with Crippen LogP contribution in [0.3, 0.4) is 0 Å². The Balaban J connectivity index is 0.00000162. The molecule has 0 aromatic carbocycles. The van der Waals surface area contributed by atoms with E-state index in [1.807, 2.05) is 10.8 Å². The standard InChI is InChI=1S/C12H14N4O.2ClH/c17-12(11-2-5-13-6-3-11)15-4-1-8-16-9-7-14-10-16;;/h2-3,5-7,9-10H,1,4,8H2,(H,15,17);2*1H/p-2. The number of rotatable bonds is 5. The van der Waals surface area contributed by atoms with Gasteiger partial charge in [0.2, 0.25) is 0 Å². The molecule has 2 rings (SSSR count). The number of carbonyl (C=O) groups excluding carboxylic acids is 1. The highest BCUT2D eigenvalue weighted by atomic mass is 35.5. The molecular formula is C12H14Cl2N4O-2. The van der Waals surface area contributed by atoms with Crippen LogP contribution in [-0.2, 0) is 6.54 Å². The van der Waals surface area contributed by atoms with Crippen LogP contribution in [0.15, 0.2) is 43.2 Å². The molecule has 2 aromatic rings. The van der Waals surface area contributed by atoms with E-state index in [-0.39, 0.29) is 30.7 Å². The molecule has 0 bridgehead atoms. The van der Waals surface area contributed by atoms with Crippen molar-refractivity contribution in [3.8, 4) is 0 Å². The minimum Gasteiger partial charge on any atom is -1.00 e. The molecule has 0 spiro atoms. The van der Waals surface area contributed by atoms with Gasteiger partial charge in [0.15, 0.2) is 0 Å². The van der Waals surface area contributed by atoms with E-state index < -0.39 is 0 Å². The second kappa shape index (κ2) is 9.35. The van der Waals surface area contributed by atoms with Crippen molar-refractivity contribution >= 4 is 5.91 Å². The van der Waals surface area contributed by atoms with Crippen molar-refractivity contribution in [2.45, 2.75) is 13.0 Å². The van der Waals surface area contributed by atoms with Crippen molar-refractivity contribution in [2.24, 2.45) is 0 Å². The van der Waals surface area contributed by atoms with Crippen LogP contribution in [-0.4, -0.2) is 27.0 Å². The lowest BCUT2D eigenvalue weighted by molar-refractivity contribution is -0.00100. The van der Waals surface area contributed by atoms with Crippen LogP contribution in [0.25, 0.3) is 0 Å². The van der Waals surface area contributed by atoms with E-state index in [2.05, 4.69) is 15.3 Å². The molecule has 0 aliphatic carbocycles. The molecule has 0 radical (unpaired) electrons. The zero-order valence-corrected chi connectivity index (χ0v) is 11.7. The summed E-state index contributed by atoms with van der Waals surface area (Å²) < 4.78 is 1.98. The van der Waals surface area contributed by atoms with Gasteiger partial charge in [0, 0.05) is 43.4 Å². The Bertz CT molecular complexity index is 462. The lowest BCUT2D eigenvalue weighted by Crippen LogP contribution is -3.00. The Morgan fingerprint density at radius 1 is 1.16 bits per heavy atom. The maximum Gasteiger partial charge on any atom is 0.251 e. The predicted molar refractivity (Wildman–Crippen MR) is 63.4 cm³/mol. The van der Waals surface area contributed by atoms with Crippen LogP contribution in [0.1, 0.15) is 16.8 Å². The fraction of sp³-hybridized carbons (Fsp3) is 0.250. The summed E-state index contributed by atoms with van der Waals surface area (Å²) in [5.41, 5.74) is 0.641. The number of aromatic nitrogens is 3. The number of imidazole rings is 1. The van der Waals surface area contributed by atoms with E-state index >= 15 is 0 Å². The Morgan fingerprint density at radius 2 is 1.89 bits per heavy atom. The zero-order chi connectivity index (χ0) is 11.9. The fourth-order valence-electron chi connectivity index (χ4n) is 1.49. The fourth-order valence-corrected chi connectivity index (χ4v) is 1.49. The van der Waals surface area contributed by atoms with Crippen LogP contribution in [0.2, 0.25) is 0 Å². The lowest BCUT2D eigenvalue weighted by Gasteiger charge is -2.05. The molecule has 5 nitrogen and oxygen atoms in total. The van der Waals surface area contributed by atoms with E-state index in [0.717, 1.165) is 13.0 Å². The molecule has 0 aliphatic heterocycles. The Hall–Kier alpha value is -1.59. The normalized spacial score (nSPS) is 9.05. The van der Waals surface area contributed by atoms with Gasteiger partial charge in [-0.15, -0.1) is 0 Å². The molecule has 0 aliphatic rings. The van der Waals surface area contributed by atoms with Crippen LogP contribution in [0, 0.1) is 0 Å². The van der Waals surface area contributed by atoms with Crippen molar-refractivity contribution in [3.63, 3.8) is 0 Å². The van der Waals surface area contributed by atoms with Gasteiger partial charge in [-0.25, -0.2) is 4.98 Å². The summed E-state index contributed by atoms with van der Waals surface area (Å²) in [4.78, 5) is 19.5. The number of halogens is 2. The van der Waals surface area contributed by atoms with Gasteiger partial charge >= 0.3 is 0 Å². The number of nitrogens with zero attached hydrogens (tertiary/aromatic N) is 3. The van der Waals surface area contributed by atoms with Gasteiger partial charge in [0.25, 0.3) is 5.91 Å². The number of hydrogen-bond acceptors (Lipinski definition) is 3. The summed E-state index contributed by atoms with van der Waals surface area (Å²) in [5.74, 6) is -0.0574. The van der Waals surface area contributed by atoms with Gasteiger partial charge in [-0.3, -0.25) is 9.78 Å². The molecule has 0 unspecified atom stereocenters. The molecule has 1 N–H and O–H groups in total. The molecule has 2 heterocycles. The summed E-state index contributed by atoms with van der Waals surface area (Å²) in [7, 11) is 0. The number of amides is 1. The first kappa shape index (κ1) is 17.4. The van der Waals surface area contributed by atoms with Gasteiger partial charge < -0.3 is 34.7 Å². The average molecular weight is 301 g/mol. The van der Waals surface area contributed by atoms with E-state index in [9.17, 15) is 4.79 Å². The van der Waals surface area contributed by atoms with Crippen LogP contribution < -0.4 is 30.1 Å². The largest absolute Gasteiger partial charge is 1.00 e. The quantitative estimate of drug-likeness (QED) is 0.563. The smallest absolute Gasteiger partial charge is 0.251 e. The lowest BCUT2D eigenvalue weighted by atomic mass is 10.2. The highest BCUT2D eigenvalue weighted by molar-refractivity contribution is 5.93. The van der Waals surface area contributed by atoms with Gasteiger partial charge in [-0.1, -0.05) is 0 Å². The molecule has 0 saturated carbocycles. The summed E-state index contributed by atoms with van der Waals surface area (Å²) in [6, 6.07) is 3.40. The van der Waals surface area contributed by atoms with Crippen molar-refractivity contribution in [1.29, 1.82) is 0 Å². The third-order valence-corrected chi connectivity index (χ3v) is 2.38. The minimum atomic E-state index is -0.0574. The monoisotopic (exact) mass is 300 g/mol. The molecule has 104 valence electrons. The Kier molecular flexibility index (Phi) is 8.57. The maximum atomic E-state index is 11.6. The summed E-state index contributed by atoms with van der Waals surface area (Å²) in [6.45, 7) is 1.51. The number of nitrogens with one attached hydrogen (secondary N) is 1. The average Bonchev–Trinajstić information content (AvgIpc) is 2.88.